The number of carboxylic acids is 3. The molecule has 0 spiro atoms. The minimum atomic E-state index is -1.06. The molecular weight excluding hydrogens is 290 g/mol. The average Bonchev–Trinajstić information content (AvgIpc) is 2.81. The van der Waals surface area contributed by atoms with Crippen molar-refractivity contribution in [2.45, 2.75) is 26.3 Å². The van der Waals surface area contributed by atoms with Gasteiger partial charge in [-0.3, -0.25) is 14.4 Å². The third-order valence-corrected chi connectivity index (χ3v) is 3.91. The highest BCUT2D eigenvalue weighted by atomic mass is 16.4. The van der Waals surface area contributed by atoms with Gasteiger partial charge in [0.25, 0.3) is 0 Å². The third-order valence-electron chi connectivity index (χ3n) is 3.91. The van der Waals surface area contributed by atoms with E-state index < -0.39 is 35.8 Å². The van der Waals surface area contributed by atoms with Crippen LogP contribution in [0, 0.1) is 17.8 Å². The lowest BCUT2D eigenvalue weighted by atomic mass is 9.83. The zero-order chi connectivity index (χ0) is 16.9. The minimum absolute atomic E-state index is 0.206. The molecule has 0 aromatic carbocycles. The SMILES string of the molecule is C/C(=C/C=CC(C)C(=O)O)C1CNC(C(=O)O)C1CC(=O)O. The van der Waals surface area contributed by atoms with Gasteiger partial charge in [0.2, 0.25) is 0 Å². The second kappa shape index (κ2) is 7.74. The monoisotopic (exact) mass is 311 g/mol. The Bertz CT molecular complexity index is 510. The molecule has 1 aliphatic heterocycles. The normalized spacial score (nSPS) is 27.0. The number of hydrogen-bond acceptors (Lipinski definition) is 4. The van der Waals surface area contributed by atoms with Crippen molar-refractivity contribution in [2.24, 2.45) is 17.8 Å². The Morgan fingerprint density at radius 1 is 1.27 bits per heavy atom. The molecule has 1 aliphatic rings. The zero-order valence-electron chi connectivity index (χ0n) is 12.5. The lowest BCUT2D eigenvalue weighted by Crippen LogP contribution is -2.36. The molecule has 1 saturated heterocycles. The van der Waals surface area contributed by atoms with Gasteiger partial charge in [-0.1, -0.05) is 23.8 Å². The van der Waals surface area contributed by atoms with Crippen LogP contribution in [0.25, 0.3) is 0 Å². The molecule has 1 heterocycles. The first-order chi connectivity index (χ1) is 10.2. The van der Waals surface area contributed by atoms with Gasteiger partial charge in [0.05, 0.1) is 12.3 Å². The molecular formula is C15H21NO6. The van der Waals surface area contributed by atoms with Crippen molar-refractivity contribution in [2.75, 3.05) is 6.54 Å². The summed E-state index contributed by atoms with van der Waals surface area (Å²) in [5.74, 6) is -4.38. The second-order valence-electron chi connectivity index (χ2n) is 5.51. The van der Waals surface area contributed by atoms with Crippen molar-refractivity contribution >= 4 is 17.9 Å². The Balaban J connectivity index is 2.85. The predicted molar refractivity (Wildman–Crippen MR) is 78.4 cm³/mol. The van der Waals surface area contributed by atoms with Gasteiger partial charge in [-0.05, 0) is 19.8 Å². The third kappa shape index (κ3) is 4.70. The van der Waals surface area contributed by atoms with Crippen LogP contribution in [0.5, 0.6) is 0 Å². The van der Waals surface area contributed by atoms with Crippen LogP contribution in [-0.4, -0.2) is 45.8 Å². The molecule has 0 aromatic rings. The highest BCUT2D eigenvalue weighted by Gasteiger charge is 2.41. The van der Waals surface area contributed by atoms with Crippen molar-refractivity contribution in [1.29, 1.82) is 0 Å². The molecule has 1 rings (SSSR count). The van der Waals surface area contributed by atoms with Crippen molar-refractivity contribution in [3.63, 3.8) is 0 Å². The first-order valence-electron chi connectivity index (χ1n) is 6.99. The lowest BCUT2D eigenvalue weighted by molar-refractivity contribution is -0.142. The van der Waals surface area contributed by atoms with E-state index in [1.54, 1.807) is 26.0 Å². The molecule has 4 unspecified atom stereocenters. The molecule has 4 atom stereocenters. The maximum atomic E-state index is 11.2. The number of aliphatic carboxylic acids is 3. The number of nitrogens with one attached hydrogen (secondary N) is 1. The number of rotatable bonds is 7. The van der Waals surface area contributed by atoms with Crippen LogP contribution in [0.3, 0.4) is 0 Å². The summed E-state index contributed by atoms with van der Waals surface area (Å²) in [6.45, 7) is 3.73. The van der Waals surface area contributed by atoms with Gasteiger partial charge >= 0.3 is 17.9 Å². The van der Waals surface area contributed by atoms with E-state index in [4.69, 9.17) is 15.3 Å². The topological polar surface area (TPSA) is 124 Å². The van der Waals surface area contributed by atoms with Gasteiger partial charge in [-0.15, -0.1) is 0 Å². The van der Waals surface area contributed by atoms with E-state index in [9.17, 15) is 14.4 Å². The van der Waals surface area contributed by atoms with Crippen molar-refractivity contribution < 1.29 is 29.7 Å². The van der Waals surface area contributed by atoms with Crippen LogP contribution in [0.15, 0.2) is 23.8 Å². The first-order valence-corrected chi connectivity index (χ1v) is 6.99. The summed E-state index contributed by atoms with van der Waals surface area (Å²) >= 11 is 0. The molecule has 0 saturated carbocycles. The predicted octanol–water partition coefficient (Wildman–Crippen LogP) is 0.973. The fraction of sp³-hybridized carbons (Fsp3) is 0.533. The van der Waals surface area contributed by atoms with E-state index in [0.29, 0.717) is 6.54 Å². The van der Waals surface area contributed by atoms with Gasteiger partial charge in [-0.25, -0.2) is 0 Å². The Kier molecular flexibility index (Phi) is 6.30. The molecule has 1 fully saturated rings. The Hall–Kier alpha value is -2.15. The zero-order valence-corrected chi connectivity index (χ0v) is 12.5. The lowest BCUT2D eigenvalue weighted by Gasteiger charge is -2.20. The van der Waals surface area contributed by atoms with Crippen molar-refractivity contribution in [1.82, 2.24) is 5.32 Å². The molecule has 0 aromatic heterocycles. The molecule has 122 valence electrons. The maximum absolute atomic E-state index is 11.2. The highest BCUT2D eigenvalue weighted by molar-refractivity contribution is 5.76. The van der Waals surface area contributed by atoms with Gasteiger partial charge in [0.15, 0.2) is 0 Å². The summed E-state index contributed by atoms with van der Waals surface area (Å²) in [5.41, 5.74) is 0.830. The van der Waals surface area contributed by atoms with Crippen LogP contribution >= 0.6 is 0 Å². The summed E-state index contributed by atoms with van der Waals surface area (Å²) in [4.78, 5) is 32.8. The summed E-state index contributed by atoms with van der Waals surface area (Å²) < 4.78 is 0. The fourth-order valence-corrected chi connectivity index (χ4v) is 2.60. The van der Waals surface area contributed by atoms with Crippen molar-refractivity contribution in [3.05, 3.63) is 23.8 Å². The number of hydrogen-bond donors (Lipinski definition) is 4. The Morgan fingerprint density at radius 3 is 2.41 bits per heavy atom. The number of allylic oxidation sites excluding steroid dienone is 2. The molecule has 0 aliphatic carbocycles. The van der Waals surface area contributed by atoms with E-state index in [1.165, 1.54) is 6.08 Å². The minimum Gasteiger partial charge on any atom is -0.481 e. The van der Waals surface area contributed by atoms with Crippen LogP contribution in [0.1, 0.15) is 20.3 Å². The van der Waals surface area contributed by atoms with Gasteiger partial charge in [-0.2, -0.15) is 0 Å². The maximum Gasteiger partial charge on any atom is 0.321 e. The standard InChI is InChI=1S/C15H21NO6/c1-8(4-3-5-9(2)14(19)20)11-7-16-13(15(21)22)10(11)6-12(17)18/h3-5,9-11,13,16H,6-7H2,1-2H3,(H,17,18)(H,19,20)(H,21,22)/b5-3?,8-4-. The number of carbonyl (C=O) groups is 3. The van der Waals surface area contributed by atoms with Crippen LogP contribution in [-0.2, 0) is 14.4 Å². The highest BCUT2D eigenvalue weighted by Crippen LogP contribution is 2.31. The van der Waals surface area contributed by atoms with Gasteiger partial charge in [0.1, 0.15) is 6.04 Å². The molecule has 22 heavy (non-hydrogen) atoms. The molecule has 4 N–H and O–H groups in total. The van der Waals surface area contributed by atoms with Crippen LogP contribution < -0.4 is 5.32 Å². The molecule has 0 bridgehead atoms. The average molecular weight is 311 g/mol. The van der Waals surface area contributed by atoms with E-state index in [-0.39, 0.29) is 12.3 Å². The van der Waals surface area contributed by atoms with E-state index in [1.807, 2.05) is 0 Å². The summed E-state index contributed by atoms with van der Waals surface area (Å²) in [6, 6.07) is -0.883. The molecule has 0 amide bonds. The molecule has 7 nitrogen and oxygen atoms in total. The van der Waals surface area contributed by atoms with Crippen LogP contribution in [0.4, 0.5) is 0 Å². The van der Waals surface area contributed by atoms with E-state index in [2.05, 4.69) is 5.32 Å². The fourth-order valence-electron chi connectivity index (χ4n) is 2.60. The van der Waals surface area contributed by atoms with Crippen LogP contribution in [0.2, 0.25) is 0 Å². The first kappa shape index (κ1) is 17.9. The largest absolute Gasteiger partial charge is 0.481 e. The van der Waals surface area contributed by atoms with Gasteiger partial charge < -0.3 is 20.6 Å². The summed E-state index contributed by atoms with van der Waals surface area (Å²) in [5, 5.41) is 29.7. The van der Waals surface area contributed by atoms with E-state index in [0.717, 1.165) is 5.57 Å². The molecule has 0 radical (unpaired) electrons. The summed E-state index contributed by atoms with van der Waals surface area (Å²) in [7, 11) is 0. The Labute approximate surface area is 128 Å². The summed E-state index contributed by atoms with van der Waals surface area (Å²) in [6.07, 6.45) is 4.62. The Morgan fingerprint density at radius 2 is 1.91 bits per heavy atom. The number of carboxylic acid groups (broad SMARTS) is 3. The quantitative estimate of drug-likeness (QED) is 0.516. The van der Waals surface area contributed by atoms with Crippen molar-refractivity contribution in [3.8, 4) is 0 Å². The second-order valence-corrected chi connectivity index (χ2v) is 5.51. The smallest absolute Gasteiger partial charge is 0.321 e. The molecule has 7 heteroatoms. The van der Waals surface area contributed by atoms with Gasteiger partial charge in [0, 0.05) is 12.5 Å². The van der Waals surface area contributed by atoms with E-state index >= 15 is 0 Å².